The van der Waals surface area contributed by atoms with Crippen molar-refractivity contribution in [3.8, 4) is 5.75 Å². The van der Waals surface area contributed by atoms with Gasteiger partial charge in [0, 0.05) is 0 Å². The van der Waals surface area contributed by atoms with E-state index in [4.69, 9.17) is 0 Å². The minimum Gasteiger partial charge on any atom is -0.508 e. The molecule has 0 saturated heterocycles. The van der Waals surface area contributed by atoms with Gasteiger partial charge in [0.1, 0.15) is 5.75 Å². The molecule has 0 aromatic heterocycles. The molecule has 0 unspecified atom stereocenters. The molecule has 1 N–H and O–H groups in total. The monoisotopic (exact) mass is 312 g/mol. The van der Waals surface area contributed by atoms with Gasteiger partial charge in [-0.1, -0.05) is 66.2 Å². The fourth-order valence-electron chi connectivity index (χ4n) is 3.61. The van der Waals surface area contributed by atoms with Gasteiger partial charge in [-0.25, -0.2) is 0 Å². The molecule has 0 atom stereocenters. The molecule has 1 aliphatic rings. The molecule has 0 radical (unpaired) electrons. The molecule has 4 rings (SSSR count). The molecular formula is C23H20O. The molecule has 118 valence electrons. The van der Waals surface area contributed by atoms with E-state index in [0.29, 0.717) is 5.75 Å². The average Bonchev–Trinajstić information content (AvgIpc) is 2.62. The maximum atomic E-state index is 9.65. The first-order chi connectivity index (χ1) is 11.7. The predicted molar refractivity (Wildman–Crippen MR) is 100.0 cm³/mol. The third-order valence-corrected chi connectivity index (χ3v) is 4.75. The summed E-state index contributed by atoms with van der Waals surface area (Å²) in [7, 11) is 0. The Morgan fingerprint density at radius 2 is 1.50 bits per heavy atom. The molecule has 1 aliphatic carbocycles. The van der Waals surface area contributed by atoms with Gasteiger partial charge >= 0.3 is 0 Å². The maximum absolute atomic E-state index is 9.65. The molecule has 0 fully saturated rings. The summed E-state index contributed by atoms with van der Waals surface area (Å²) < 4.78 is 0. The van der Waals surface area contributed by atoms with E-state index in [2.05, 4.69) is 55.5 Å². The quantitative estimate of drug-likeness (QED) is 0.652. The number of phenols is 1. The van der Waals surface area contributed by atoms with Gasteiger partial charge in [-0.15, -0.1) is 0 Å². The van der Waals surface area contributed by atoms with E-state index in [1.807, 2.05) is 12.1 Å². The zero-order valence-corrected chi connectivity index (χ0v) is 13.8. The van der Waals surface area contributed by atoms with Crippen molar-refractivity contribution in [3.63, 3.8) is 0 Å². The van der Waals surface area contributed by atoms with Crippen LogP contribution in [0.1, 0.15) is 34.2 Å². The van der Waals surface area contributed by atoms with Gasteiger partial charge in [-0.2, -0.15) is 0 Å². The number of aromatic hydroxyl groups is 1. The van der Waals surface area contributed by atoms with Crippen LogP contribution in [0.5, 0.6) is 5.75 Å². The lowest BCUT2D eigenvalue weighted by Crippen LogP contribution is -2.06. The summed E-state index contributed by atoms with van der Waals surface area (Å²) in [5, 5.41) is 9.65. The van der Waals surface area contributed by atoms with E-state index >= 15 is 0 Å². The summed E-state index contributed by atoms with van der Waals surface area (Å²) in [6.07, 6.45) is 2.11. The Kier molecular flexibility index (Phi) is 3.70. The SMILES string of the molecule is Cc1ccc2c(c1)CCC(c1ccccc1)=C2c1ccc(O)cc1. The van der Waals surface area contributed by atoms with Crippen LogP contribution >= 0.6 is 0 Å². The van der Waals surface area contributed by atoms with Crippen LogP contribution in [0.3, 0.4) is 0 Å². The molecule has 0 heterocycles. The minimum absolute atomic E-state index is 0.306. The molecule has 0 saturated carbocycles. The number of allylic oxidation sites excluding steroid dienone is 1. The lowest BCUT2D eigenvalue weighted by molar-refractivity contribution is 0.475. The Morgan fingerprint density at radius 3 is 2.25 bits per heavy atom. The van der Waals surface area contributed by atoms with Crippen LogP contribution in [0.15, 0.2) is 72.8 Å². The molecule has 1 nitrogen and oxygen atoms in total. The van der Waals surface area contributed by atoms with Gasteiger partial charge in [0.05, 0.1) is 0 Å². The topological polar surface area (TPSA) is 20.2 Å². The van der Waals surface area contributed by atoms with Gasteiger partial charge in [0.2, 0.25) is 0 Å². The van der Waals surface area contributed by atoms with Crippen molar-refractivity contribution in [2.75, 3.05) is 0 Å². The summed E-state index contributed by atoms with van der Waals surface area (Å²) in [6, 6.07) is 24.9. The van der Waals surface area contributed by atoms with E-state index < -0.39 is 0 Å². The fraction of sp³-hybridized carbons (Fsp3) is 0.130. The Labute approximate surface area is 142 Å². The van der Waals surface area contributed by atoms with Crippen molar-refractivity contribution >= 4 is 11.1 Å². The maximum Gasteiger partial charge on any atom is 0.115 e. The summed E-state index contributed by atoms with van der Waals surface area (Å²) >= 11 is 0. The second-order valence-electron chi connectivity index (χ2n) is 6.43. The molecule has 3 aromatic rings. The lowest BCUT2D eigenvalue weighted by Gasteiger charge is -2.25. The Balaban J connectivity index is 1.98. The normalized spacial score (nSPS) is 13.7. The number of aryl methyl sites for hydroxylation is 2. The van der Waals surface area contributed by atoms with Crippen molar-refractivity contribution in [2.45, 2.75) is 19.8 Å². The van der Waals surface area contributed by atoms with Crippen LogP contribution < -0.4 is 0 Å². The smallest absolute Gasteiger partial charge is 0.115 e. The van der Waals surface area contributed by atoms with Gasteiger partial charge < -0.3 is 5.11 Å². The second-order valence-corrected chi connectivity index (χ2v) is 6.43. The van der Waals surface area contributed by atoms with Gasteiger partial charge in [0.25, 0.3) is 0 Å². The number of fused-ring (bicyclic) bond motifs is 1. The number of phenolic OH excluding ortho intramolecular Hbond substituents is 1. The van der Waals surface area contributed by atoms with Gasteiger partial charge in [-0.05, 0) is 65.3 Å². The van der Waals surface area contributed by atoms with E-state index in [9.17, 15) is 5.11 Å². The van der Waals surface area contributed by atoms with E-state index in [-0.39, 0.29) is 0 Å². The minimum atomic E-state index is 0.306. The van der Waals surface area contributed by atoms with Crippen molar-refractivity contribution in [1.29, 1.82) is 0 Å². The summed E-state index contributed by atoms with van der Waals surface area (Å²) in [6.45, 7) is 2.15. The Bertz CT molecular complexity index is 903. The largest absolute Gasteiger partial charge is 0.508 e. The highest BCUT2D eigenvalue weighted by molar-refractivity contribution is 6.00. The van der Waals surface area contributed by atoms with Crippen LogP contribution in [-0.4, -0.2) is 5.11 Å². The zero-order chi connectivity index (χ0) is 16.5. The van der Waals surface area contributed by atoms with Crippen LogP contribution in [0.4, 0.5) is 0 Å². The molecular weight excluding hydrogens is 292 g/mol. The van der Waals surface area contributed by atoms with Crippen molar-refractivity contribution in [3.05, 3.63) is 101 Å². The van der Waals surface area contributed by atoms with Crippen LogP contribution in [0.2, 0.25) is 0 Å². The summed E-state index contributed by atoms with van der Waals surface area (Å²) in [5.74, 6) is 0.306. The Hall–Kier alpha value is -2.80. The van der Waals surface area contributed by atoms with E-state index in [1.165, 1.54) is 33.4 Å². The Morgan fingerprint density at radius 1 is 0.750 bits per heavy atom. The van der Waals surface area contributed by atoms with E-state index in [0.717, 1.165) is 18.4 Å². The molecule has 0 aliphatic heterocycles. The molecule has 0 bridgehead atoms. The van der Waals surface area contributed by atoms with Crippen LogP contribution in [0, 0.1) is 6.92 Å². The molecule has 1 heteroatoms. The zero-order valence-electron chi connectivity index (χ0n) is 13.8. The number of benzene rings is 3. The molecule has 0 spiro atoms. The molecule has 0 amide bonds. The summed E-state index contributed by atoms with van der Waals surface area (Å²) in [4.78, 5) is 0. The predicted octanol–water partition coefficient (Wildman–Crippen LogP) is 5.61. The van der Waals surface area contributed by atoms with E-state index in [1.54, 1.807) is 12.1 Å². The molecule has 3 aromatic carbocycles. The van der Waals surface area contributed by atoms with Crippen molar-refractivity contribution in [1.82, 2.24) is 0 Å². The van der Waals surface area contributed by atoms with Crippen LogP contribution in [-0.2, 0) is 6.42 Å². The lowest BCUT2D eigenvalue weighted by atomic mass is 9.79. The van der Waals surface area contributed by atoms with Crippen LogP contribution in [0.25, 0.3) is 11.1 Å². The fourth-order valence-corrected chi connectivity index (χ4v) is 3.61. The second kappa shape index (κ2) is 6.01. The summed E-state index contributed by atoms with van der Waals surface area (Å²) in [5.41, 5.74) is 9.17. The number of hydrogen-bond donors (Lipinski definition) is 1. The average molecular weight is 312 g/mol. The van der Waals surface area contributed by atoms with Crippen molar-refractivity contribution in [2.24, 2.45) is 0 Å². The first-order valence-corrected chi connectivity index (χ1v) is 8.40. The third-order valence-electron chi connectivity index (χ3n) is 4.75. The third kappa shape index (κ3) is 2.63. The first kappa shape index (κ1) is 14.8. The highest BCUT2D eigenvalue weighted by Gasteiger charge is 2.21. The van der Waals surface area contributed by atoms with Crippen molar-refractivity contribution < 1.29 is 5.11 Å². The van der Waals surface area contributed by atoms with Gasteiger partial charge in [0.15, 0.2) is 0 Å². The standard InChI is InChI=1S/C23H20O/c1-16-7-13-22-19(15-16)10-14-21(17-5-3-2-4-6-17)23(22)18-8-11-20(24)12-9-18/h2-9,11-13,15,24H,10,14H2,1H3. The van der Waals surface area contributed by atoms with Gasteiger partial charge in [-0.3, -0.25) is 0 Å². The highest BCUT2D eigenvalue weighted by Crippen LogP contribution is 2.41. The highest BCUT2D eigenvalue weighted by atomic mass is 16.3. The number of rotatable bonds is 2. The number of hydrogen-bond acceptors (Lipinski definition) is 1. The molecule has 24 heavy (non-hydrogen) atoms. The first-order valence-electron chi connectivity index (χ1n) is 8.40.